The van der Waals surface area contributed by atoms with E-state index in [1.54, 1.807) is 18.4 Å². The zero-order chi connectivity index (χ0) is 24.0. The van der Waals surface area contributed by atoms with Crippen molar-refractivity contribution in [1.29, 1.82) is 0 Å². The maximum Gasteiger partial charge on any atom is 0.405 e. The fourth-order valence-corrected chi connectivity index (χ4v) is 3.75. The third-order valence-electron chi connectivity index (χ3n) is 4.53. The largest absolute Gasteiger partial charge is 0.494 e. The number of halogens is 3. The van der Waals surface area contributed by atoms with Crippen LogP contribution in [0, 0.1) is 6.92 Å². The number of anilines is 1. The third-order valence-corrected chi connectivity index (χ3v) is 5.47. The number of ether oxygens (including phenoxy) is 1. The van der Waals surface area contributed by atoms with Gasteiger partial charge in [-0.1, -0.05) is 6.07 Å². The lowest BCUT2D eigenvalue weighted by molar-refractivity contribution is -0.123. The highest BCUT2D eigenvalue weighted by Gasteiger charge is 2.28. The number of aromatic nitrogens is 1. The molecule has 1 aromatic heterocycles. The van der Waals surface area contributed by atoms with Crippen LogP contribution in [0.4, 0.5) is 18.9 Å². The number of nitrogens with one attached hydrogen (secondary N) is 2. The van der Waals surface area contributed by atoms with Gasteiger partial charge in [0, 0.05) is 22.2 Å². The van der Waals surface area contributed by atoms with Gasteiger partial charge in [-0.3, -0.25) is 9.59 Å². The van der Waals surface area contributed by atoms with Gasteiger partial charge < -0.3 is 15.4 Å². The highest BCUT2D eigenvalue weighted by atomic mass is 32.1. The molecule has 0 saturated carbocycles. The van der Waals surface area contributed by atoms with E-state index in [9.17, 15) is 22.8 Å². The molecule has 0 aliphatic rings. The standard InChI is InChI=1S/C23H22F3N3O3S/c1-3-32-18-8-6-15(7-9-18)22-28-17(12-33-22)11-20(30)29-19-10-16(5-4-14(19)2)21(31)27-13-23(24,25)26/h4-10,12H,3,11,13H2,1-2H3,(H,27,31)(H,29,30). The van der Waals surface area contributed by atoms with Gasteiger partial charge in [0.25, 0.3) is 5.91 Å². The molecule has 2 N–H and O–H groups in total. The van der Waals surface area contributed by atoms with Gasteiger partial charge >= 0.3 is 6.18 Å². The van der Waals surface area contributed by atoms with Crippen molar-refractivity contribution in [2.24, 2.45) is 0 Å². The number of thiazole rings is 1. The second-order valence-electron chi connectivity index (χ2n) is 7.15. The van der Waals surface area contributed by atoms with Gasteiger partial charge in [-0.2, -0.15) is 13.2 Å². The van der Waals surface area contributed by atoms with Crippen molar-refractivity contribution in [3.8, 4) is 16.3 Å². The van der Waals surface area contributed by atoms with Crippen LogP contribution >= 0.6 is 11.3 Å². The Labute approximate surface area is 192 Å². The molecule has 33 heavy (non-hydrogen) atoms. The molecule has 0 unspecified atom stereocenters. The van der Waals surface area contributed by atoms with Crippen molar-refractivity contribution in [2.45, 2.75) is 26.4 Å². The molecule has 0 saturated heterocycles. The number of hydrogen-bond donors (Lipinski definition) is 2. The second kappa shape index (κ2) is 10.5. The molecular formula is C23H22F3N3O3S. The van der Waals surface area contributed by atoms with Crippen LogP contribution in [0.1, 0.15) is 28.5 Å². The molecule has 1 heterocycles. The van der Waals surface area contributed by atoms with Crippen LogP contribution in [-0.2, 0) is 11.2 Å². The van der Waals surface area contributed by atoms with Gasteiger partial charge in [-0.05, 0) is 55.8 Å². The molecule has 0 aliphatic carbocycles. The Morgan fingerprint density at radius 1 is 1.12 bits per heavy atom. The van der Waals surface area contributed by atoms with E-state index >= 15 is 0 Å². The number of rotatable bonds is 8. The van der Waals surface area contributed by atoms with Gasteiger partial charge in [0.2, 0.25) is 5.91 Å². The molecule has 2 aromatic carbocycles. The Morgan fingerprint density at radius 3 is 2.52 bits per heavy atom. The average molecular weight is 478 g/mol. The predicted octanol–water partition coefficient (Wildman–Crippen LogP) is 4.99. The van der Waals surface area contributed by atoms with E-state index < -0.39 is 18.6 Å². The third kappa shape index (κ3) is 7.04. The van der Waals surface area contributed by atoms with Crippen LogP contribution in [0.3, 0.4) is 0 Å². The summed E-state index contributed by atoms with van der Waals surface area (Å²) < 4.78 is 42.4. The summed E-state index contributed by atoms with van der Waals surface area (Å²) in [7, 11) is 0. The monoisotopic (exact) mass is 477 g/mol. The molecule has 6 nitrogen and oxygen atoms in total. The summed E-state index contributed by atoms with van der Waals surface area (Å²) in [6.07, 6.45) is -4.49. The number of aryl methyl sites for hydroxylation is 1. The van der Waals surface area contributed by atoms with E-state index in [0.717, 1.165) is 16.3 Å². The topological polar surface area (TPSA) is 80.3 Å². The molecule has 0 spiro atoms. The Morgan fingerprint density at radius 2 is 1.85 bits per heavy atom. The molecule has 3 aromatic rings. The Bertz CT molecular complexity index is 1130. The number of nitrogens with zero attached hydrogens (tertiary/aromatic N) is 1. The van der Waals surface area contributed by atoms with Crippen molar-refractivity contribution in [3.05, 3.63) is 64.7 Å². The first-order valence-corrected chi connectivity index (χ1v) is 11.0. The van der Waals surface area contributed by atoms with E-state index in [0.29, 0.717) is 23.6 Å². The molecule has 0 aliphatic heterocycles. The number of carbonyl (C=O) groups is 2. The Kier molecular flexibility index (Phi) is 7.70. The van der Waals surface area contributed by atoms with Crippen LogP contribution < -0.4 is 15.4 Å². The quantitative estimate of drug-likeness (QED) is 0.479. The maximum absolute atomic E-state index is 12.5. The van der Waals surface area contributed by atoms with E-state index in [4.69, 9.17) is 4.74 Å². The lowest BCUT2D eigenvalue weighted by Gasteiger charge is -2.12. The minimum atomic E-state index is -4.50. The first-order chi connectivity index (χ1) is 15.6. The lowest BCUT2D eigenvalue weighted by atomic mass is 10.1. The van der Waals surface area contributed by atoms with Crippen LogP contribution in [0.2, 0.25) is 0 Å². The molecule has 174 valence electrons. The summed E-state index contributed by atoms with van der Waals surface area (Å²) in [4.78, 5) is 29.0. The highest BCUT2D eigenvalue weighted by Crippen LogP contribution is 2.26. The van der Waals surface area contributed by atoms with E-state index in [2.05, 4.69) is 10.3 Å². The molecule has 0 bridgehead atoms. The van der Waals surface area contributed by atoms with Crippen molar-refractivity contribution in [1.82, 2.24) is 10.3 Å². The highest BCUT2D eigenvalue weighted by molar-refractivity contribution is 7.13. The second-order valence-corrected chi connectivity index (χ2v) is 8.01. The summed E-state index contributed by atoms with van der Waals surface area (Å²) in [6.45, 7) is 2.78. The van der Waals surface area contributed by atoms with Crippen molar-refractivity contribution >= 4 is 28.8 Å². The molecule has 3 rings (SSSR count). The van der Waals surface area contributed by atoms with Gasteiger partial charge in [0.15, 0.2) is 0 Å². The summed E-state index contributed by atoms with van der Waals surface area (Å²) in [5, 5.41) is 7.07. The molecule has 10 heteroatoms. The molecule has 0 radical (unpaired) electrons. The van der Waals surface area contributed by atoms with Gasteiger partial charge in [-0.25, -0.2) is 4.98 Å². The number of hydrogen-bond acceptors (Lipinski definition) is 5. The Hall–Kier alpha value is -3.40. The summed E-state index contributed by atoms with van der Waals surface area (Å²) in [6, 6.07) is 11.8. The van der Waals surface area contributed by atoms with Crippen LogP contribution in [0.25, 0.3) is 10.6 Å². The maximum atomic E-state index is 12.5. The van der Waals surface area contributed by atoms with Crippen LogP contribution in [-0.4, -0.2) is 36.1 Å². The average Bonchev–Trinajstić information content (AvgIpc) is 3.22. The van der Waals surface area contributed by atoms with Crippen LogP contribution in [0.15, 0.2) is 47.8 Å². The zero-order valence-electron chi connectivity index (χ0n) is 18.0. The number of alkyl halides is 3. The van der Waals surface area contributed by atoms with Crippen LogP contribution in [0.5, 0.6) is 5.75 Å². The lowest BCUT2D eigenvalue weighted by Crippen LogP contribution is -2.33. The normalized spacial score (nSPS) is 11.2. The minimum absolute atomic E-state index is 0.0114. The predicted molar refractivity (Wildman–Crippen MR) is 121 cm³/mol. The number of benzene rings is 2. The van der Waals surface area contributed by atoms with Gasteiger partial charge in [0.05, 0.1) is 18.7 Å². The molecule has 0 fully saturated rings. The van der Waals surface area contributed by atoms with Gasteiger partial charge in [-0.15, -0.1) is 11.3 Å². The van der Waals surface area contributed by atoms with Crippen molar-refractivity contribution < 1.29 is 27.5 Å². The van der Waals surface area contributed by atoms with Crippen molar-refractivity contribution in [3.63, 3.8) is 0 Å². The first-order valence-electron chi connectivity index (χ1n) is 10.1. The number of carbonyl (C=O) groups excluding carboxylic acids is 2. The van der Waals surface area contributed by atoms with Gasteiger partial charge in [0.1, 0.15) is 17.3 Å². The Balaban J connectivity index is 1.63. The molecule has 0 atom stereocenters. The van der Waals surface area contributed by atoms with E-state index in [1.165, 1.54) is 23.5 Å². The van der Waals surface area contributed by atoms with Crippen molar-refractivity contribution in [2.75, 3.05) is 18.5 Å². The zero-order valence-corrected chi connectivity index (χ0v) is 18.8. The fourth-order valence-electron chi connectivity index (χ4n) is 2.92. The first kappa shape index (κ1) is 24.2. The minimum Gasteiger partial charge on any atom is -0.494 e. The fraction of sp³-hybridized carbons (Fsp3) is 0.261. The summed E-state index contributed by atoms with van der Waals surface area (Å²) >= 11 is 1.41. The van der Waals surface area contributed by atoms with E-state index in [-0.39, 0.29) is 17.9 Å². The summed E-state index contributed by atoms with van der Waals surface area (Å²) in [5.74, 6) is -0.459. The summed E-state index contributed by atoms with van der Waals surface area (Å²) in [5.41, 5.74) is 2.53. The molecular weight excluding hydrogens is 455 g/mol. The number of amides is 2. The molecule has 2 amide bonds. The SMILES string of the molecule is CCOc1ccc(-c2nc(CC(=O)Nc3cc(C(=O)NCC(F)(F)F)ccc3C)cs2)cc1. The smallest absolute Gasteiger partial charge is 0.405 e. The van der Waals surface area contributed by atoms with E-state index in [1.807, 2.05) is 36.5 Å².